The Morgan fingerprint density at radius 1 is 1.21 bits per heavy atom. The quantitative estimate of drug-likeness (QED) is 0.548. The number of benzene rings is 1. The van der Waals surface area contributed by atoms with Gasteiger partial charge in [-0.25, -0.2) is 0 Å². The van der Waals surface area contributed by atoms with Gasteiger partial charge in [0.05, 0.1) is 10.2 Å². The Morgan fingerprint density at radius 2 is 1.95 bits per heavy atom. The first-order valence-electron chi connectivity index (χ1n) is 7.35. The smallest absolute Gasteiger partial charge is 0.132 e. The first-order chi connectivity index (χ1) is 9.25. The molecule has 0 atom stereocenters. The highest BCUT2D eigenvalue weighted by Crippen LogP contribution is 2.20. The zero-order chi connectivity index (χ0) is 13.5. The summed E-state index contributed by atoms with van der Waals surface area (Å²) >= 11 is 2.33. The van der Waals surface area contributed by atoms with E-state index in [1.165, 1.54) is 42.5 Å². The van der Waals surface area contributed by atoms with Crippen LogP contribution in [-0.2, 0) is 0 Å². The van der Waals surface area contributed by atoms with Gasteiger partial charge in [-0.1, -0.05) is 19.1 Å². The lowest BCUT2D eigenvalue weighted by Crippen LogP contribution is -2.33. The molecule has 3 heteroatoms. The predicted octanol–water partition coefficient (Wildman–Crippen LogP) is 4.18. The molecule has 0 radical (unpaired) electrons. The van der Waals surface area contributed by atoms with E-state index in [4.69, 9.17) is 4.74 Å². The number of hydrogen-bond donors (Lipinski definition) is 0. The molecule has 2 rings (SSSR count). The minimum absolute atomic E-state index is 0.838. The van der Waals surface area contributed by atoms with Gasteiger partial charge in [-0.2, -0.15) is 0 Å². The number of halogens is 1. The highest BCUT2D eigenvalue weighted by Gasteiger charge is 2.14. The van der Waals surface area contributed by atoms with Crippen molar-refractivity contribution < 1.29 is 4.74 Å². The predicted molar refractivity (Wildman–Crippen MR) is 88.7 cm³/mol. The molecule has 0 N–H and O–H groups in total. The molecule has 1 heterocycles. The third-order valence-electron chi connectivity index (χ3n) is 3.84. The molecule has 1 aliphatic heterocycles. The Labute approximate surface area is 130 Å². The molecule has 0 aromatic heterocycles. The monoisotopic (exact) mass is 373 g/mol. The number of likely N-dealkylation sites (tertiary alicyclic amines) is 1. The second-order valence-electron chi connectivity index (χ2n) is 5.51. The van der Waals surface area contributed by atoms with Crippen molar-refractivity contribution in [3.63, 3.8) is 0 Å². The van der Waals surface area contributed by atoms with Crippen molar-refractivity contribution in [1.29, 1.82) is 0 Å². The molecule has 0 aliphatic carbocycles. The number of ether oxygens (including phenoxy) is 1. The third kappa shape index (κ3) is 5.30. The van der Waals surface area contributed by atoms with E-state index < -0.39 is 0 Å². The maximum Gasteiger partial charge on any atom is 0.132 e. The van der Waals surface area contributed by atoms with Crippen LogP contribution in [0.1, 0.15) is 32.6 Å². The van der Waals surface area contributed by atoms with Gasteiger partial charge in [0.15, 0.2) is 0 Å². The molecule has 0 saturated carbocycles. The average molecular weight is 373 g/mol. The van der Waals surface area contributed by atoms with Gasteiger partial charge in [-0.3, -0.25) is 0 Å². The number of para-hydroxylation sites is 1. The lowest BCUT2D eigenvalue weighted by molar-refractivity contribution is 0.184. The van der Waals surface area contributed by atoms with Crippen LogP contribution in [0.5, 0.6) is 5.75 Å². The van der Waals surface area contributed by atoms with Crippen molar-refractivity contribution in [2.75, 3.05) is 26.2 Å². The summed E-state index contributed by atoms with van der Waals surface area (Å²) in [5.41, 5.74) is 0. The molecule has 1 aromatic rings. The summed E-state index contributed by atoms with van der Waals surface area (Å²) < 4.78 is 7.02. The van der Waals surface area contributed by atoms with Gasteiger partial charge >= 0.3 is 0 Å². The number of piperidine rings is 1. The second kappa shape index (κ2) is 8.10. The van der Waals surface area contributed by atoms with Crippen molar-refractivity contribution in [2.45, 2.75) is 32.6 Å². The summed E-state index contributed by atoms with van der Waals surface area (Å²) in [7, 11) is 0. The molecule has 0 spiro atoms. The number of nitrogens with zero attached hydrogens (tertiary/aromatic N) is 1. The zero-order valence-electron chi connectivity index (χ0n) is 11.8. The Hall–Kier alpha value is -0.290. The first-order valence-corrected chi connectivity index (χ1v) is 8.43. The van der Waals surface area contributed by atoms with Gasteiger partial charge in [0, 0.05) is 0 Å². The molecule has 106 valence electrons. The van der Waals surface area contributed by atoms with E-state index in [9.17, 15) is 0 Å². The van der Waals surface area contributed by atoms with E-state index in [0.717, 1.165) is 24.7 Å². The fourth-order valence-corrected chi connectivity index (χ4v) is 3.01. The van der Waals surface area contributed by atoms with Gasteiger partial charge < -0.3 is 9.64 Å². The van der Waals surface area contributed by atoms with Crippen LogP contribution >= 0.6 is 22.6 Å². The van der Waals surface area contributed by atoms with E-state index in [2.05, 4.69) is 40.5 Å². The van der Waals surface area contributed by atoms with Crippen molar-refractivity contribution in [3.05, 3.63) is 27.8 Å². The van der Waals surface area contributed by atoms with Gasteiger partial charge in [0.2, 0.25) is 0 Å². The minimum Gasteiger partial charge on any atom is -0.492 e. The number of rotatable bonds is 6. The van der Waals surface area contributed by atoms with E-state index in [0.29, 0.717) is 0 Å². The van der Waals surface area contributed by atoms with Crippen LogP contribution < -0.4 is 4.74 Å². The summed E-state index contributed by atoms with van der Waals surface area (Å²) in [5, 5.41) is 0. The highest BCUT2D eigenvalue weighted by molar-refractivity contribution is 14.1. The zero-order valence-corrected chi connectivity index (χ0v) is 13.9. The number of hydrogen-bond acceptors (Lipinski definition) is 2. The van der Waals surface area contributed by atoms with Crippen molar-refractivity contribution in [1.82, 2.24) is 4.90 Å². The van der Waals surface area contributed by atoms with Crippen molar-refractivity contribution in [2.24, 2.45) is 5.92 Å². The Bertz CT molecular complexity index is 375. The van der Waals surface area contributed by atoms with Crippen LogP contribution in [0.4, 0.5) is 0 Å². The summed E-state index contributed by atoms with van der Waals surface area (Å²) in [4.78, 5) is 2.60. The van der Waals surface area contributed by atoms with Crippen LogP contribution in [-0.4, -0.2) is 31.1 Å². The third-order valence-corrected chi connectivity index (χ3v) is 4.73. The molecule has 2 nitrogen and oxygen atoms in total. The SMILES string of the molecule is CC1CCN(CCCCOc2ccccc2I)CC1. The molecule has 19 heavy (non-hydrogen) atoms. The van der Waals surface area contributed by atoms with Crippen molar-refractivity contribution in [3.8, 4) is 5.75 Å². The number of unbranched alkanes of at least 4 members (excludes halogenated alkanes) is 1. The van der Waals surface area contributed by atoms with Crippen LogP contribution in [0.3, 0.4) is 0 Å². The molecule has 1 fully saturated rings. The molecule has 0 amide bonds. The molecule has 1 saturated heterocycles. The maximum absolute atomic E-state index is 5.82. The summed E-state index contributed by atoms with van der Waals surface area (Å²) in [6.07, 6.45) is 5.15. The first kappa shape index (κ1) is 15.1. The van der Waals surface area contributed by atoms with E-state index in [-0.39, 0.29) is 0 Å². The second-order valence-corrected chi connectivity index (χ2v) is 6.67. The fourth-order valence-electron chi connectivity index (χ4n) is 2.47. The van der Waals surface area contributed by atoms with Crippen LogP contribution in [0.25, 0.3) is 0 Å². The standard InChI is InChI=1S/C16H24INO/c1-14-8-11-18(12-9-14)10-4-5-13-19-16-7-3-2-6-15(16)17/h2-3,6-7,14H,4-5,8-13H2,1H3. The molecular formula is C16H24INO. The summed E-state index contributed by atoms with van der Waals surface area (Å²) in [6, 6.07) is 8.22. The molecular weight excluding hydrogens is 349 g/mol. The van der Waals surface area contributed by atoms with Gasteiger partial charge in [-0.05, 0) is 86.0 Å². The highest BCUT2D eigenvalue weighted by atomic mass is 127. The lowest BCUT2D eigenvalue weighted by Gasteiger charge is -2.30. The molecule has 1 aliphatic rings. The Morgan fingerprint density at radius 3 is 2.68 bits per heavy atom. The average Bonchev–Trinajstić information content (AvgIpc) is 2.42. The van der Waals surface area contributed by atoms with Crippen molar-refractivity contribution >= 4 is 22.6 Å². The lowest BCUT2D eigenvalue weighted by atomic mass is 9.99. The van der Waals surface area contributed by atoms with E-state index >= 15 is 0 Å². The van der Waals surface area contributed by atoms with Crippen LogP contribution in [0.15, 0.2) is 24.3 Å². The summed E-state index contributed by atoms with van der Waals surface area (Å²) in [5.74, 6) is 1.95. The van der Waals surface area contributed by atoms with E-state index in [1.807, 2.05) is 18.2 Å². The van der Waals surface area contributed by atoms with Gasteiger partial charge in [0.1, 0.15) is 5.75 Å². The van der Waals surface area contributed by atoms with Gasteiger partial charge in [-0.15, -0.1) is 0 Å². The van der Waals surface area contributed by atoms with Gasteiger partial charge in [0.25, 0.3) is 0 Å². The molecule has 0 bridgehead atoms. The Kier molecular flexibility index (Phi) is 6.44. The largest absolute Gasteiger partial charge is 0.492 e. The topological polar surface area (TPSA) is 12.5 Å². The minimum atomic E-state index is 0.838. The van der Waals surface area contributed by atoms with Crippen LogP contribution in [0.2, 0.25) is 0 Å². The maximum atomic E-state index is 5.82. The summed E-state index contributed by atoms with van der Waals surface area (Å²) in [6.45, 7) is 7.02. The molecule has 0 unspecified atom stereocenters. The van der Waals surface area contributed by atoms with E-state index in [1.54, 1.807) is 0 Å². The Balaban J connectivity index is 1.56. The normalized spacial score (nSPS) is 17.6. The van der Waals surface area contributed by atoms with Crippen LogP contribution in [0, 0.1) is 9.49 Å². The molecule has 1 aromatic carbocycles. The fraction of sp³-hybridized carbons (Fsp3) is 0.625.